The molecule has 1 saturated heterocycles. The highest BCUT2D eigenvalue weighted by Crippen LogP contribution is 2.29. The second-order valence-electron chi connectivity index (χ2n) is 8.88. The number of carbonyl (C=O) groups is 3. The molecule has 0 saturated carbocycles. The summed E-state index contributed by atoms with van der Waals surface area (Å²) in [5, 5.41) is 0. The van der Waals surface area contributed by atoms with E-state index in [4.69, 9.17) is 9.47 Å². The number of halogens is 1. The Labute approximate surface area is 202 Å². The van der Waals surface area contributed by atoms with Gasteiger partial charge in [0.15, 0.2) is 12.4 Å². The van der Waals surface area contributed by atoms with Crippen LogP contribution in [0.3, 0.4) is 0 Å². The van der Waals surface area contributed by atoms with Crippen molar-refractivity contribution in [2.45, 2.75) is 52.2 Å². The third-order valence-corrected chi connectivity index (χ3v) is 6.59. The number of likely N-dealkylation sites (tertiary alicyclic amines) is 1. The summed E-state index contributed by atoms with van der Waals surface area (Å²) in [5.74, 6) is -0.857. The number of hydrogen-bond acceptors (Lipinski definition) is 5. The maximum atomic E-state index is 12.8. The summed E-state index contributed by atoms with van der Waals surface area (Å²) in [6.07, 6.45) is 0.639. The van der Waals surface area contributed by atoms with Crippen molar-refractivity contribution in [3.05, 3.63) is 57.2 Å². The van der Waals surface area contributed by atoms with Crippen LogP contribution in [-0.2, 0) is 14.3 Å². The number of ether oxygens (including phenoxy) is 2. The first-order valence-electron chi connectivity index (χ1n) is 10.6. The van der Waals surface area contributed by atoms with Gasteiger partial charge in [-0.3, -0.25) is 9.69 Å². The number of amides is 1. The molecule has 0 N–H and O–H groups in total. The van der Waals surface area contributed by atoms with Crippen molar-refractivity contribution in [3.63, 3.8) is 0 Å². The zero-order valence-electron chi connectivity index (χ0n) is 18.8. The predicted molar refractivity (Wildman–Crippen MR) is 131 cm³/mol. The number of nitrogens with zero attached hydrogens (tertiary/aromatic N) is 1. The first-order valence-corrected chi connectivity index (χ1v) is 11.7. The molecule has 6 nitrogen and oxygen atoms in total. The number of carbonyl (C=O) groups excluding carboxylic acids is 3. The summed E-state index contributed by atoms with van der Waals surface area (Å²) >= 11 is 2.28. The Kier molecular flexibility index (Phi) is 7.59. The molecule has 7 heteroatoms. The smallest absolute Gasteiger partial charge is 0.411 e. The van der Waals surface area contributed by atoms with E-state index in [9.17, 15) is 14.4 Å². The average molecular weight is 549 g/mol. The minimum Gasteiger partial charge on any atom is -0.456 e. The van der Waals surface area contributed by atoms with Crippen LogP contribution in [0.15, 0.2) is 42.5 Å². The highest BCUT2D eigenvalue weighted by Gasteiger charge is 2.37. The highest BCUT2D eigenvalue weighted by molar-refractivity contribution is 14.1. The normalized spacial score (nSPS) is 16.0. The van der Waals surface area contributed by atoms with Crippen molar-refractivity contribution in [3.8, 4) is 11.1 Å². The van der Waals surface area contributed by atoms with Gasteiger partial charge in [0.2, 0.25) is 0 Å². The van der Waals surface area contributed by atoms with Crippen LogP contribution < -0.4 is 0 Å². The van der Waals surface area contributed by atoms with E-state index in [2.05, 4.69) is 22.6 Å². The number of Topliss-reactive ketones (excluding diaryl/α,β-unsaturated/α-hetero) is 1. The summed E-state index contributed by atoms with van der Waals surface area (Å²) in [4.78, 5) is 39.3. The van der Waals surface area contributed by atoms with Crippen molar-refractivity contribution < 1.29 is 23.9 Å². The quantitative estimate of drug-likeness (QED) is 0.284. The van der Waals surface area contributed by atoms with E-state index in [1.807, 2.05) is 49.4 Å². The molecule has 1 fully saturated rings. The summed E-state index contributed by atoms with van der Waals surface area (Å²) in [7, 11) is 0. The zero-order chi connectivity index (χ0) is 23.5. The van der Waals surface area contributed by atoms with Gasteiger partial charge in [0.05, 0.1) is 0 Å². The van der Waals surface area contributed by atoms with E-state index in [1.165, 1.54) is 4.90 Å². The molecule has 0 unspecified atom stereocenters. The molecule has 0 aliphatic carbocycles. The molecule has 1 aliphatic heterocycles. The van der Waals surface area contributed by atoms with Crippen molar-refractivity contribution >= 4 is 40.4 Å². The molecule has 0 aromatic heterocycles. The van der Waals surface area contributed by atoms with Crippen LogP contribution in [0.2, 0.25) is 0 Å². The Morgan fingerprint density at radius 2 is 1.81 bits per heavy atom. The summed E-state index contributed by atoms with van der Waals surface area (Å²) < 4.78 is 11.8. The number of benzene rings is 2. The van der Waals surface area contributed by atoms with Crippen LogP contribution >= 0.6 is 22.6 Å². The fourth-order valence-corrected chi connectivity index (χ4v) is 4.25. The summed E-state index contributed by atoms with van der Waals surface area (Å²) in [5.41, 5.74) is 2.81. The molecular weight excluding hydrogens is 521 g/mol. The van der Waals surface area contributed by atoms with Gasteiger partial charge in [-0.2, -0.15) is 0 Å². The SMILES string of the molecule is Cc1cc(C(=O)COC(=O)[C@@H]2CCCN2C(=O)OC(C)(C)C)cc(-c2ccccc2)c1I. The third kappa shape index (κ3) is 5.88. The van der Waals surface area contributed by atoms with Gasteiger partial charge in [0.25, 0.3) is 0 Å². The van der Waals surface area contributed by atoms with Gasteiger partial charge in [0.1, 0.15) is 11.6 Å². The largest absolute Gasteiger partial charge is 0.456 e. The zero-order valence-corrected chi connectivity index (χ0v) is 21.0. The number of rotatable bonds is 5. The van der Waals surface area contributed by atoms with Gasteiger partial charge in [-0.25, -0.2) is 9.59 Å². The summed E-state index contributed by atoms with van der Waals surface area (Å²) in [6, 6.07) is 12.8. The van der Waals surface area contributed by atoms with Gasteiger partial charge in [-0.1, -0.05) is 30.3 Å². The fraction of sp³-hybridized carbons (Fsp3) is 0.400. The molecule has 3 rings (SSSR count). The van der Waals surface area contributed by atoms with Crippen LogP contribution in [-0.4, -0.2) is 47.5 Å². The van der Waals surface area contributed by atoms with E-state index < -0.39 is 23.7 Å². The van der Waals surface area contributed by atoms with Crippen molar-refractivity contribution in [2.24, 2.45) is 0 Å². The van der Waals surface area contributed by atoms with Crippen LogP contribution in [0.4, 0.5) is 4.79 Å². The highest BCUT2D eigenvalue weighted by atomic mass is 127. The van der Waals surface area contributed by atoms with E-state index >= 15 is 0 Å². The molecule has 2 aromatic carbocycles. The van der Waals surface area contributed by atoms with Gasteiger partial charge < -0.3 is 9.47 Å². The second-order valence-corrected chi connectivity index (χ2v) is 9.96. The van der Waals surface area contributed by atoms with Crippen molar-refractivity contribution in [1.29, 1.82) is 0 Å². The summed E-state index contributed by atoms with van der Waals surface area (Å²) in [6.45, 7) is 7.35. The third-order valence-electron chi connectivity index (χ3n) is 5.16. The fourth-order valence-electron chi connectivity index (χ4n) is 3.63. The molecular formula is C25H28INO5. The standard InChI is InChI=1S/C25H28INO5/c1-16-13-18(14-19(22(16)26)17-9-6-5-7-10-17)21(28)15-31-23(29)20-11-8-12-27(20)24(30)32-25(2,3)4/h5-7,9-10,13-14,20H,8,11-12,15H2,1-4H3/t20-/m0/s1. The molecule has 0 radical (unpaired) electrons. The lowest BCUT2D eigenvalue weighted by Crippen LogP contribution is -2.44. The Morgan fingerprint density at radius 1 is 1.12 bits per heavy atom. The van der Waals surface area contributed by atoms with Gasteiger partial charge in [-0.05, 0) is 92.0 Å². The minimum atomic E-state index is -0.726. The van der Waals surface area contributed by atoms with Gasteiger partial charge in [0, 0.05) is 15.7 Å². The Morgan fingerprint density at radius 3 is 2.47 bits per heavy atom. The Bertz CT molecular complexity index is 1010. The molecule has 32 heavy (non-hydrogen) atoms. The van der Waals surface area contributed by atoms with Crippen LogP contribution in [0.25, 0.3) is 11.1 Å². The number of aryl methyl sites for hydroxylation is 1. The molecule has 1 aliphatic rings. The molecule has 0 spiro atoms. The molecule has 1 heterocycles. The predicted octanol–water partition coefficient (Wildman–Crippen LogP) is 5.39. The molecule has 1 amide bonds. The maximum absolute atomic E-state index is 12.8. The van der Waals surface area contributed by atoms with Crippen LogP contribution in [0.5, 0.6) is 0 Å². The lowest BCUT2D eigenvalue weighted by atomic mass is 9.98. The number of ketones is 1. The topological polar surface area (TPSA) is 72.9 Å². The van der Waals surface area contributed by atoms with Gasteiger partial charge >= 0.3 is 12.1 Å². The minimum absolute atomic E-state index is 0.281. The van der Waals surface area contributed by atoms with Crippen LogP contribution in [0.1, 0.15) is 49.5 Å². The van der Waals surface area contributed by atoms with E-state index in [1.54, 1.807) is 20.8 Å². The molecule has 1 atom stereocenters. The van der Waals surface area contributed by atoms with Crippen molar-refractivity contribution in [1.82, 2.24) is 4.90 Å². The second kappa shape index (κ2) is 10.0. The molecule has 170 valence electrons. The average Bonchev–Trinajstić information content (AvgIpc) is 3.23. The first kappa shape index (κ1) is 24.2. The van der Waals surface area contributed by atoms with E-state index in [-0.39, 0.29) is 12.4 Å². The number of hydrogen-bond donors (Lipinski definition) is 0. The lowest BCUT2D eigenvalue weighted by Gasteiger charge is -2.27. The van der Waals surface area contributed by atoms with Crippen molar-refractivity contribution in [2.75, 3.05) is 13.2 Å². The van der Waals surface area contributed by atoms with E-state index in [0.717, 1.165) is 20.3 Å². The lowest BCUT2D eigenvalue weighted by molar-refractivity contribution is -0.147. The molecule has 0 bridgehead atoms. The number of esters is 1. The Balaban J connectivity index is 1.68. The van der Waals surface area contributed by atoms with E-state index in [0.29, 0.717) is 24.9 Å². The molecule has 2 aromatic rings. The van der Waals surface area contributed by atoms with Crippen LogP contribution in [0, 0.1) is 10.5 Å². The maximum Gasteiger partial charge on any atom is 0.411 e. The Hall–Kier alpha value is -2.42. The van der Waals surface area contributed by atoms with Gasteiger partial charge in [-0.15, -0.1) is 0 Å². The monoisotopic (exact) mass is 549 g/mol. The first-order chi connectivity index (χ1) is 15.1.